The highest BCUT2D eigenvalue weighted by Gasteiger charge is 1.90. The van der Waals surface area contributed by atoms with Crippen molar-refractivity contribution in [2.45, 2.75) is 20.8 Å². The van der Waals surface area contributed by atoms with Gasteiger partial charge in [-0.1, -0.05) is 20.8 Å². The van der Waals surface area contributed by atoms with Gasteiger partial charge in [0.15, 0.2) is 5.65 Å². The lowest BCUT2D eigenvalue weighted by Gasteiger charge is -1.80. The highest BCUT2D eigenvalue weighted by Crippen LogP contribution is 2.01. The van der Waals surface area contributed by atoms with Crippen molar-refractivity contribution in [1.82, 2.24) is 15.0 Å². The van der Waals surface area contributed by atoms with Gasteiger partial charge in [0, 0.05) is 7.62 Å². The summed E-state index contributed by atoms with van der Waals surface area (Å²) in [6.45, 7) is 6.50. The Balaban J connectivity index is 0.000000299. The van der Waals surface area contributed by atoms with E-state index in [9.17, 15) is 0 Å². The van der Waals surface area contributed by atoms with Crippen molar-refractivity contribution in [3.05, 3.63) is 24.7 Å². The van der Waals surface area contributed by atoms with Crippen LogP contribution in [0.1, 0.15) is 22.2 Å². The van der Waals surface area contributed by atoms with Gasteiger partial charge in [0.25, 0.3) is 0 Å². The summed E-state index contributed by atoms with van der Waals surface area (Å²) in [4.78, 5) is 10.9. The fourth-order valence-corrected chi connectivity index (χ4v) is 0.775. The maximum Gasteiger partial charge on any atom is 0.177 e. The molecule has 0 fully saturated rings. The molecule has 0 atom stereocenters. The van der Waals surface area contributed by atoms with Crippen LogP contribution in [0.25, 0.3) is 11.2 Å². The lowest BCUT2D eigenvalue weighted by atomic mass is 10.3. The number of nitrogens with zero attached hydrogens (tertiary/aromatic N) is 2. The van der Waals surface area contributed by atoms with Crippen LogP contribution in [0.15, 0.2) is 24.7 Å². The number of fused-ring (bicyclic) bond motifs is 1. The van der Waals surface area contributed by atoms with Gasteiger partial charge in [0.2, 0.25) is 0 Å². The molecule has 0 radical (unpaired) electrons. The molecule has 0 saturated heterocycles. The van der Waals surface area contributed by atoms with Crippen LogP contribution in [0.3, 0.4) is 0 Å². The Labute approximate surface area is 79.7 Å². The maximum absolute atomic E-state index is 4.00. The van der Waals surface area contributed by atoms with Gasteiger partial charge in [-0.15, -0.1) is 0 Å². The van der Waals surface area contributed by atoms with Crippen LogP contribution in [0, 0.1) is 5.92 Å². The average molecular weight is 179 g/mol. The number of aromatic amines is 1. The highest BCUT2D eigenvalue weighted by atomic mass is 14.9. The molecule has 0 aromatic carbocycles. The van der Waals surface area contributed by atoms with Crippen molar-refractivity contribution in [3.63, 3.8) is 0 Å². The Hall–Kier alpha value is -1.38. The molecule has 0 aliphatic carbocycles. The number of hydrogen-bond donors (Lipinski definition) is 1. The first-order valence-electron chi connectivity index (χ1n) is 4.44. The molecule has 0 bridgehead atoms. The third-order valence-corrected chi connectivity index (χ3v) is 1.19. The number of aromatic nitrogens is 3. The fourth-order valence-electron chi connectivity index (χ4n) is 0.775. The van der Waals surface area contributed by atoms with Crippen LogP contribution in [0.5, 0.6) is 0 Å². The Morgan fingerprint density at radius 3 is 2.62 bits per heavy atom. The molecular formula is C10H17N3. The summed E-state index contributed by atoms with van der Waals surface area (Å²) >= 11 is 0. The molecule has 2 aromatic rings. The summed E-state index contributed by atoms with van der Waals surface area (Å²) < 4.78 is 0. The molecule has 72 valence electrons. The van der Waals surface area contributed by atoms with Crippen LogP contribution in [0.4, 0.5) is 0 Å². The second-order valence-electron chi connectivity index (χ2n) is 3.51. The van der Waals surface area contributed by atoms with Crippen LogP contribution in [-0.2, 0) is 0 Å². The van der Waals surface area contributed by atoms with Gasteiger partial charge in [-0.2, -0.15) is 0 Å². The van der Waals surface area contributed by atoms with Crippen molar-refractivity contribution in [2.24, 2.45) is 5.92 Å². The van der Waals surface area contributed by atoms with E-state index in [0.29, 0.717) is 0 Å². The molecular weight excluding hydrogens is 162 g/mol. The van der Waals surface area contributed by atoms with E-state index >= 15 is 0 Å². The molecule has 3 heteroatoms. The van der Waals surface area contributed by atoms with Gasteiger partial charge >= 0.3 is 0 Å². The number of nitrogens with one attached hydrogen (secondary N) is 1. The lowest BCUT2D eigenvalue weighted by molar-refractivity contribution is 0.737. The number of imidazole rings is 1. The van der Waals surface area contributed by atoms with Crippen molar-refractivity contribution in [1.29, 1.82) is 0 Å². The van der Waals surface area contributed by atoms with Crippen LogP contribution in [-0.4, -0.2) is 15.0 Å². The largest absolute Gasteiger partial charge is 0.343 e. The zero-order valence-corrected chi connectivity index (χ0v) is 8.28. The normalized spacial score (nSPS) is 9.85. The van der Waals surface area contributed by atoms with E-state index in [0.717, 1.165) is 17.1 Å². The highest BCUT2D eigenvalue weighted by molar-refractivity contribution is 5.68. The average Bonchev–Trinajstić information content (AvgIpc) is 2.49. The maximum atomic E-state index is 4.00. The number of pyridine rings is 1. The van der Waals surface area contributed by atoms with Gasteiger partial charge in [-0.05, 0) is 18.1 Å². The molecule has 0 aliphatic heterocycles. The molecule has 0 spiro atoms. The predicted molar refractivity (Wildman–Crippen MR) is 56.5 cm³/mol. The Kier molecular flexibility index (Phi) is 3.43. The summed E-state index contributed by atoms with van der Waals surface area (Å²) in [7, 11) is 0. The van der Waals surface area contributed by atoms with Gasteiger partial charge < -0.3 is 4.98 Å². The van der Waals surface area contributed by atoms with E-state index < -0.39 is 0 Å². The van der Waals surface area contributed by atoms with E-state index in [-0.39, 0.29) is 1.43 Å². The minimum Gasteiger partial charge on any atom is -0.343 e. The van der Waals surface area contributed by atoms with E-state index in [4.69, 9.17) is 0 Å². The molecule has 0 saturated carbocycles. The molecule has 13 heavy (non-hydrogen) atoms. The van der Waals surface area contributed by atoms with Gasteiger partial charge in [0.05, 0.1) is 11.8 Å². The van der Waals surface area contributed by atoms with Crippen molar-refractivity contribution in [2.75, 3.05) is 0 Å². The van der Waals surface area contributed by atoms with Crippen molar-refractivity contribution in [3.8, 4) is 0 Å². The summed E-state index contributed by atoms with van der Waals surface area (Å²) in [6.07, 6.45) is 3.36. The summed E-state index contributed by atoms with van der Waals surface area (Å²) in [5.41, 5.74) is 1.76. The third kappa shape index (κ3) is 3.23. The SMILES string of the molecule is CC(C)C.[HH].c1cnc2nc[nH]c2c1. The van der Waals surface area contributed by atoms with Gasteiger partial charge in [0.1, 0.15) is 0 Å². The fraction of sp³-hybridized carbons (Fsp3) is 0.400. The Bertz CT molecular complexity index is 324. The Morgan fingerprint density at radius 1 is 1.31 bits per heavy atom. The van der Waals surface area contributed by atoms with E-state index in [1.54, 1.807) is 12.5 Å². The monoisotopic (exact) mass is 179 g/mol. The second kappa shape index (κ2) is 4.60. The first kappa shape index (κ1) is 9.71. The van der Waals surface area contributed by atoms with Gasteiger partial charge in [-0.3, -0.25) is 0 Å². The Morgan fingerprint density at radius 2 is 2.00 bits per heavy atom. The molecule has 0 unspecified atom stereocenters. The lowest BCUT2D eigenvalue weighted by Crippen LogP contribution is -1.71. The summed E-state index contributed by atoms with van der Waals surface area (Å²) in [6, 6.07) is 3.82. The molecule has 1 N–H and O–H groups in total. The quantitative estimate of drug-likeness (QED) is 0.675. The van der Waals surface area contributed by atoms with Crippen LogP contribution >= 0.6 is 0 Å². The first-order chi connectivity index (χ1) is 6.20. The molecule has 3 nitrogen and oxygen atoms in total. The first-order valence-corrected chi connectivity index (χ1v) is 4.44. The van der Waals surface area contributed by atoms with Crippen LogP contribution in [0.2, 0.25) is 0 Å². The summed E-state index contributed by atoms with van der Waals surface area (Å²) in [5, 5.41) is 0. The van der Waals surface area contributed by atoms with Crippen LogP contribution < -0.4 is 0 Å². The van der Waals surface area contributed by atoms with E-state index in [2.05, 4.69) is 35.7 Å². The minimum atomic E-state index is 0. The molecule has 0 amide bonds. The third-order valence-electron chi connectivity index (χ3n) is 1.19. The topological polar surface area (TPSA) is 41.6 Å². The second-order valence-corrected chi connectivity index (χ2v) is 3.51. The zero-order chi connectivity index (χ0) is 9.68. The standard InChI is InChI=1S/C6H5N3.C4H10.H2/c1-2-5-6(7-3-1)9-4-8-5;1-4(2)3;/h1-4H,(H,7,8,9);4H,1-3H3;1H. The van der Waals surface area contributed by atoms with E-state index in [1.807, 2.05) is 12.1 Å². The number of H-pyrrole nitrogens is 1. The predicted octanol–water partition coefficient (Wildman–Crippen LogP) is 2.87. The zero-order valence-electron chi connectivity index (χ0n) is 8.28. The van der Waals surface area contributed by atoms with Crippen molar-refractivity contribution >= 4 is 11.2 Å². The van der Waals surface area contributed by atoms with Crippen molar-refractivity contribution < 1.29 is 1.43 Å². The van der Waals surface area contributed by atoms with E-state index in [1.165, 1.54) is 0 Å². The molecule has 2 heterocycles. The minimum absolute atomic E-state index is 0. The number of rotatable bonds is 0. The number of hydrogen-bond acceptors (Lipinski definition) is 2. The molecule has 2 aromatic heterocycles. The van der Waals surface area contributed by atoms with Gasteiger partial charge in [-0.25, -0.2) is 9.97 Å². The smallest absolute Gasteiger partial charge is 0.177 e. The molecule has 0 aliphatic rings. The summed E-state index contributed by atoms with van der Waals surface area (Å²) in [5.74, 6) is 0.833. The molecule has 2 rings (SSSR count).